The molecule has 1 aromatic carbocycles. The Kier molecular flexibility index (Phi) is 19.6. The number of nitrogens with one attached hydrogen (secondary N) is 2. The van der Waals surface area contributed by atoms with Crippen LogP contribution in [-0.4, -0.2) is 97.3 Å². The summed E-state index contributed by atoms with van der Waals surface area (Å²) in [5.41, 5.74) is 9.33. The summed E-state index contributed by atoms with van der Waals surface area (Å²) in [6.07, 6.45) is 3.06. The van der Waals surface area contributed by atoms with Gasteiger partial charge in [-0.1, -0.05) is 65.8 Å². The number of methoxy groups -OCH3 is 1. The molecule has 0 bridgehead atoms. The van der Waals surface area contributed by atoms with E-state index >= 15 is 0 Å². The molecule has 0 radical (unpaired) electrons. The molecule has 11 nitrogen and oxygen atoms in total. The van der Waals surface area contributed by atoms with E-state index in [9.17, 15) is 14.4 Å². The third-order valence-corrected chi connectivity index (χ3v) is 10.9. The molecular formula is C42H73N5O6S. The second kappa shape index (κ2) is 21.5. The lowest BCUT2D eigenvalue weighted by Crippen LogP contribution is -2.55. The fraction of sp³-hybridized carbons (Fsp3) is 0.714. The third kappa shape index (κ3) is 15.1. The minimum Gasteiger partial charge on any atom is -0.379 e. The van der Waals surface area contributed by atoms with Crippen LogP contribution in [0.2, 0.25) is 0 Å². The number of aromatic nitrogens is 1. The molecular weight excluding hydrogens is 703 g/mol. The molecule has 1 fully saturated rings. The minimum atomic E-state index is -0.484. The van der Waals surface area contributed by atoms with Crippen molar-refractivity contribution in [2.75, 3.05) is 40.5 Å². The van der Waals surface area contributed by atoms with Crippen molar-refractivity contribution in [3.8, 4) is 10.4 Å². The lowest BCUT2D eigenvalue weighted by atomic mass is 9.69. The quantitative estimate of drug-likeness (QED) is 0.115. The Balaban J connectivity index is 0.000000542. The molecule has 3 atom stereocenters. The van der Waals surface area contributed by atoms with Crippen molar-refractivity contribution in [1.29, 1.82) is 0 Å². The number of hydrogen-bond acceptors (Lipinski definition) is 10. The molecule has 12 heteroatoms. The highest BCUT2D eigenvalue weighted by Gasteiger charge is 2.46. The van der Waals surface area contributed by atoms with Gasteiger partial charge in [0, 0.05) is 31.2 Å². The normalized spacial score (nSPS) is 16.7. The largest absolute Gasteiger partial charge is 0.379 e. The fourth-order valence-electron chi connectivity index (χ4n) is 6.38. The molecule has 1 aliphatic rings. The van der Waals surface area contributed by atoms with Crippen LogP contribution in [0.3, 0.4) is 0 Å². The SMILES string of the molecule is CC.CNC(C(=O)N1CCCC1C(=O)NCc1ccc(-c2scnc2C)cc1)C(C)(C)C.COC(C)(C)CC(C)(COCC=O)C(C)(C)OCC(C)(C)N. The van der Waals surface area contributed by atoms with Crippen molar-refractivity contribution in [2.24, 2.45) is 16.6 Å². The van der Waals surface area contributed by atoms with Crippen molar-refractivity contribution in [1.82, 2.24) is 20.5 Å². The van der Waals surface area contributed by atoms with E-state index in [0.29, 0.717) is 32.7 Å². The Morgan fingerprint density at radius 3 is 2.13 bits per heavy atom. The number of likely N-dealkylation sites (N-methyl/N-ethyl adjacent to an activating group) is 1. The summed E-state index contributed by atoms with van der Waals surface area (Å²) in [4.78, 5) is 43.7. The summed E-state index contributed by atoms with van der Waals surface area (Å²) in [6.45, 7) is 28.2. The first kappa shape index (κ1) is 49.3. The van der Waals surface area contributed by atoms with E-state index in [2.05, 4.69) is 34.7 Å². The van der Waals surface area contributed by atoms with Gasteiger partial charge in [0.15, 0.2) is 0 Å². The number of amides is 2. The van der Waals surface area contributed by atoms with Gasteiger partial charge >= 0.3 is 0 Å². The Bertz CT molecular complexity index is 1430. The number of benzene rings is 1. The number of ether oxygens (including phenoxy) is 3. The summed E-state index contributed by atoms with van der Waals surface area (Å²) >= 11 is 1.63. The van der Waals surface area contributed by atoms with Gasteiger partial charge in [0.1, 0.15) is 18.9 Å². The number of rotatable bonds is 17. The topological polar surface area (TPSA) is 145 Å². The van der Waals surface area contributed by atoms with Crippen LogP contribution in [0.15, 0.2) is 29.8 Å². The lowest BCUT2D eigenvalue weighted by molar-refractivity contribution is -0.166. The van der Waals surface area contributed by atoms with Gasteiger partial charge in [0.2, 0.25) is 11.8 Å². The molecule has 1 aliphatic heterocycles. The van der Waals surface area contributed by atoms with Crippen molar-refractivity contribution in [3.63, 3.8) is 0 Å². The highest BCUT2D eigenvalue weighted by Crippen LogP contribution is 2.42. The zero-order valence-corrected chi connectivity index (χ0v) is 36.9. The van der Waals surface area contributed by atoms with Crippen LogP contribution in [-0.2, 0) is 35.1 Å². The predicted molar refractivity (Wildman–Crippen MR) is 222 cm³/mol. The van der Waals surface area contributed by atoms with Crippen molar-refractivity contribution < 1.29 is 28.6 Å². The molecule has 2 heterocycles. The Morgan fingerprint density at radius 2 is 1.65 bits per heavy atom. The fourth-order valence-corrected chi connectivity index (χ4v) is 7.19. The van der Waals surface area contributed by atoms with Gasteiger partial charge in [0.25, 0.3) is 0 Å². The molecule has 1 aromatic heterocycles. The van der Waals surface area contributed by atoms with Crippen LogP contribution in [0.5, 0.6) is 0 Å². The third-order valence-electron chi connectivity index (χ3n) is 9.90. The molecule has 2 aromatic rings. The first-order chi connectivity index (χ1) is 25.0. The van der Waals surface area contributed by atoms with Crippen LogP contribution in [0.1, 0.15) is 114 Å². The minimum absolute atomic E-state index is 0.00642. The summed E-state index contributed by atoms with van der Waals surface area (Å²) in [5.74, 6) is -0.0704. The van der Waals surface area contributed by atoms with Gasteiger partial charge in [-0.05, 0) is 91.3 Å². The molecule has 308 valence electrons. The zero-order valence-electron chi connectivity index (χ0n) is 36.1. The number of aryl methyl sites for hydroxylation is 1. The summed E-state index contributed by atoms with van der Waals surface area (Å²) in [6, 6.07) is 7.48. The molecule has 54 heavy (non-hydrogen) atoms. The number of thiazole rings is 1. The summed E-state index contributed by atoms with van der Waals surface area (Å²) in [7, 11) is 3.50. The van der Waals surface area contributed by atoms with E-state index in [-0.39, 0.29) is 40.9 Å². The number of nitrogens with two attached hydrogens (primary N) is 1. The van der Waals surface area contributed by atoms with E-state index in [1.165, 1.54) is 4.88 Å². The maximum atomic E-state index is 13.1. The molecule has 0 aliphatic carbocycles. The first-order valence-electron chi connectivity index (χ1n) is 19.2. The van der Waals surface area contributed by atoms with Gasteiger partial charge in [-0.3, -0.25) is 9.59 Å². The Morgan fingerprint density at radius 1 is 1.04 bits per heavy atom. The van der Waals surface area contributed by atoms with Gasteiger partial charge in [0.05, 0.1) is 46.5 Å². The van der Waals surface area contributed by atoms with Gasteiger partial charge in [-0.25, -0.2) is 4.98 Å². The molecule has 4 N–H and O–H groups in total. The molecule has 0 saturated carbocycles. The van der Waals surface area contributed by atoms with Crippen LogP contribution in [0.25, 0.3) is 10.4 Å². The number of aldehydes is 1. The van der Waals surface area contributed by atoms with E-state index < -0.39 is 17.2 Å². The number of likely N-dealkylation sites (tertiary alicyclic amines) is 1. The molecule has 3 rings (SSSR count). The molecule has 2 amide bonds. The Hall–Kier alpha value is -2.74. The standard InChI is InChI=1S/C23H32N4O2S.C17H35NO4.C2H6/c1-15-19(30-14-26-15)17-10-8-16(9-11-17)13-25-21(28)18-7-6-12-27(18)22(29)20(24-5)23(2,3)4;1-14(2,18)12-22-16(5,6)17(7,13-21-10-9-19)11-15(3,4)20-8;1-2/h8-11,14,18,20,24H,6-7,12-13H2,1-5H3,(H,25,28);9H,10-13,18H2,1-8H3;1-2H3. The summed E-state index contributed by atoms with van der Waals surface area (Å²) in [5, 5.41) is 6.15. The average molecular weight is 776 g/mol. The van der Waals surface area contributed by atoms with E-state index in [1.807, 2.05) is 101 Å². The monoisotopic (exact) mass is 776 g/mol. The number of hydrogen-bond donors (Lipinski definition) is 3. The van der Waals surface area contributed by atoms with Crippen LogP contribution in [0.4, 0.5) is 0 Å². The summed E-state index contributed by atoms with van der Waals surface area (Å²) < 4.78 is 17.2. The van der Waals surface area contributed by atoms with E-state index in [0.717, 1.165) is 35.9 Å². The first-order valence-corrected chi connectivity index (χ1v) is 20.1. The van der Waals surface area contributed by atoms with Gasteiger partial charge in [-0.2, -0.15) is 0 Å². The smallest absolute Gasteiger partial charge is 0.243 e. The number of carbonyl (C=O) groups is 3. The van der Waals surface area contributed by atoms with Crippen molar-refractivity contribution in [3.05, 3.63) is 41.0 Å². The highest BCUT2D eigenvalue weighted by atomic mass is 32.1. The number of carbonyl (C=O) groups excluding carboxylic acids is 3. The lowest BCUT2D eigenvalue weighted by Gasteiger charge is -2.48. The van der Waals surface area contributed by atoms with Gasteiger partial charge < -0.3 is 40.3 Å². The van der Waals surface area contributed by atoms with Crippen molar-refractivity contribution >= 4 is 29.4 Å². The zero-order chi connectivity index (χ0) is 41.5. The maximum Gasteiger partial charge on any atom is 0.243 e. The molecule has 0 spiro atoms. The van der Waals surface area contributed by atoms with Gasteiger partial charge in [-0.15, -0.1) is 11.3 Å². The second-order valence-corrected chi connectivity index (χ2v) is 18.0. The predicted octanol–water partition coefficient (Wildman–Crippen LogP) is 6.94. The van der Waals surface area contributed by atoms with Crippen molar-refractivity contribution in [2.45, 2.75) is 145 Å². The number of nitrogens with zero attached hydrogens (tertiary/aromatic N) is 2. The average Bonchev–Trinajstić information content (AvgIpc) is 3.77. The second-order valence-electron chi connectivity index (χ2n) is 17.1. The molecule has 3 unspecified atom stereocenters. The van der Waals surface area contributed by atoms with Crippen LogP contribution >= 0.6 is 11.3 Å². The maximum absolute atomic E-state index is 13.1. The van der Waals surface area contributed by atoms with Crippen LogP contribution in [0, 0.1) is 17.8 Å². The van der Waals surface area contributed by atoms with E-state index in [4.69, 9.17) is 19.9 Å². The molecule has 1 saturated heterocycles. The van der Waals surface area contributed by atoms with E-state index in [1.54, 1.807) is 30.4 Å². The Labute approximate surface area is 330 Å². The van der Waals surface area contributed by atoms with Crippen LogP contribution < -0.4 is 16.4 Å². The highest BCUT2D eigenvalue weighted by molar-refractivity contribution is 7.13.